The fourth-order valence-electron chi connectivity index (χ4n) is 3.73. The zero-order chi connectivity index (χ0) is 15.2. The van der Waals surface area contributed by atoms with Crippen molar-refractivity contribution in [3.05, 3.63) is 0 Å². The summed E-state index contributed by atoms with van der Waals surface area (Å²) in [7, 11) is 0. The van der Waals surface area contributed by atoms with E-state index in [-0.39, 0.29) is 0 Å². The van der Waals surface area contributed by atoms with E-state index >= 15 is 0 Å². The molecular formula is C17H33N3O. The zero-order valence-electron chi connectivity index (χ0n) is 14.2. The smallest absolute Gasteiger partial charge is 0.236 e. The Bertz CT molecular complexity index is 318. The van der Waals surface area contributed by atoms with Crippen molar-refractivity contribution in [2.45, 2.75) is 40.0 Å². The van der Waals surface area contributed by atoms with E-state index in [9.17, 15) is 4.79 Å². The second kappa shape index (κ2) is 8.14. The third-order valence-electron chi connectivity index (χ3n) is 4.73. The second-order valence-electron chi connectivity index (χ2n) is 7.40. The number of likely N-dealkylation sites (tertiary alicyclic amines) is 1. The standard InChI is InChI=1S/C17H33N3O/c1-15(2)12-16(3)13-19-8-10-20(11-9-19)17(21)14-18-6-4-5-7-18/h15-16H,4-14H2,1-3H3/t16-/m1/s1. The maximum absolute atomic E-state index is 12.3. The quantitative estimate of drug-likeness (QED) is 0.749. The van der Waals surface area contributed by atoms with E-state index in [4.69, 9.17) is 0 Å². The lowest BCUT2D eigenvalue weighted by molar-refractivity contribution is -0.134. The number of rotatable bonds is 6. The van der Waals surface area contributed by atoms with Crippen LogP contribution in [0.1, 0.15) is 40.0 Å². The zero-order valence-corrected chi connectivity index (χ0v) is 14.2. The number of hydrogen-bond acceptors (Lipinski definition) is 3. The lowest BCUT2D eigenvalue weighted by atomic mass is 9.98. The van der Waals surface area contributed by atoms with Crippen LogP contribution < -0.4 is 0 Å². The number of carbonyl (C=O) groups is 1. The summed E-state index contributed by atoms with van der Waals surface area (Å²) in [6.45, 7) is 14.9. The monoisotopic (exact) mass is 295 g/mol. The molecule has 2 saturated heterocycles. The van der Waals surface area contributed by atoms with E-state index in [0.717, 1.165) is 51.1 Å². The molecule has 2 aliphatic rings. The van der Waals surface area contributed by atoms with E-state index < -0.39 is 0 Å². The number of carbonyl (C=O) groups excluding carboxylic acids is 1. The van der Waals surface area contributed by atoms with E-state index in [1.165, 1.54) is 25.8 Å². The highest BCUT2D eigenvalue weighted by atomic mass is 16.2. The Morgan fingerprint density at radius 1 is 0.905 bits per heavy atom. The Hall–Kier alpha value is -0.610. The highest BCUT2D eigenvalue weighted by Gasteiger charge is 2.24. The molecule has 0 aromatic heterocycles. The van der Waals surface area contributed by atoms with Gasteiger partial charge in [0.05, 0.1) is 6.54 Å². The SMILES string of the molecule is CC(C)C[C@@H](C)CN1CCN(C(=O)CN2CCCC2)CC1. The maximum atomic E-state index is 12.3. The van der Waals surface area contributed by atoms with Crippen LogP contribution in [0, 0.1) is 11.8 Å². The van der Waals surface area contributed by atoms with Crippen LogP contribution in [0.15, 0.2) is 0 Å². The molecule has 0 spiro atoms. The fraction of sp³-hybridized carbons (Fsp3) is 0.941. The highest BCUT2D eigenvalue weighted by molar-refractivity contribution is 5.78. The summed E-state index contributed by atoms with van der Waals surface area (Å²) in [5.74, 6) is 1.88. The van der Waals surface area contributed by atoms with Crippen molar-refractivity contribution in [3.8, 4) is 0 Å². The van der Waals surface area contributed by atoms with Gasteiger partial charge in [-0.25, -0.2) is 0 Å². The molecule has 122 valence electrons. The van der Waals surface area contributed by atoms with Crippen molar-refractivity contribution in [1.29, 1.82) is 0 Å². The van der Waals surface area contributed by atoms with Crippen LogP contribution in [0.3, 0.4) is 0 Å². The van der Waals surface area contributed by atoms with Crippen molar-refractivity contribution in [2.24, 2.45) is 11.8 Å². The van der Waals surface area contributed by atoms with Crippen molar-refractivity contribution in [2.75, 3.05) is 52.4 Å². The summed E-state index contributed by atoms with van der Waals surface area (Å²) >= 11 is 0. The molecule has 0 aliphatic carbocycles. The Balaban J connectivity index is 1.66. The van der Waals surface area contributed by atoms with Gasteiger partial charge in [-0.3, -0.25) is 14.6 Å². The summed E-state index contributed by atoms with van der Waals surface area (Å²) in [6.07, 6.45) is 3.82. The first kappa shape index (κ1) is 16.8. The van der Waals surface area contributed by atoms with Gasteiger partial charge in [-0.05, 0) is 44.2 Å². The fourth-order valence-corrected chi connectivity index (χ4v) is 3.73. The molecule has 0 N–H and O–H groups in total. The molecule has 0 saturated carbocycles. The largest absolute Gasteiger partial charge is 0.339 e. The summed E-state index contributed by atoms with van der Waals surface area (Å²) in [5, 5.41) is 0. The topological polar surface area (TPSA) is 26.8 Å². The summed E-state index contributed by atoms with van der Waals surface area (Å²) in [6, 6.07) is 0. The summed E-state index contributed by atoms with van der Waals surface area (Å²) < 4.78 is 0. The average Bonchev–Trinajstić information content (AvgIpc) is 2.91. The minimum absolute atomic E-state index is 0.340. The van der Waals surface area contributed by atoms with Gasteiger partial charge in [0, 0.05) is 32.7 Å². The van der Waals surface area contributed by atoms with E-state index in [0.29, 0.717) is 12.5 Å². The first-order chi connectivity index (χ1) is 10.0. The van der Waals surface area contributed by atoms with Gasteiger partial charge in [0.2, 0.25) is 5.91 Å². The van der Waals surface area contributed by atoms with Crippen LogP contribution >= 0.6 is 0 Å². The molecule has 0 unspecified atom stereocenters. The Morgan fingerprint density at radius 3 is 2.10 bits per heavy atom. The van der Waals surface area contributed by atoms with Crippen LogP contribution in [0.5, 0.6) is 0 Å². The molecule has 0 aromatic rings. The third-order valence-corrected chi connectivity index (χ3v) is 4.73. The molecule has 0 radical (unpaired) electrons. The molecule has 2 rings (SSSR count). The van der Waals surface area contributed by atoms with Gasteiger partial charge in [-0.1, -0.05) is 20.8 Å². The minimum Gasteiger partial charge on any atom is -0.339 e. The van der Waals surface area contributed by atoms with Gasteiger partial charge >= 0.3 is 0 Å². The van der Waals surface area contributed by atoms with Crippen molar-refractivity contribution < 1.29 is 4.79 Å². The second-order valence-corrected chi connectivity index (χ2v) is 7.40. The third kappa shape index (κ3) is 5.59. The summed E-state index contributed by atoms with van der Waals surface area (Å²) in [5.41, 5.74) is 0. The Kier molecular flexibility index (Phi) is 6.49. The van der Waals surface area contributed by atoms with Crippen molar-refractivity contribution in [1.82, 2.24) is 14.7 Å². The summed E-state index contributed by atoms with van der Waals surface area (Å²) in [4.78, 5) is 19.2. The molecule has 2 aliphatic heterocycles. The lowest BCUT2D eigenvalue weighted by Gasteiger charge is -2.36. The number of piperazine rings is 1. The maximum Gasteiger partial charge on any atom is 0.236 e. The Labute approximate surface area is 130 Å². The van der Waals surface area contributed by atoms with Crippen LogP contribution in [0.2, 0.25) is 0 Å². The lowest BCUT2D eigenvalue weighted by Crippen LogP contribution is -2.51. The number of amides is 1. The predicted molar refractivity (Wildman–Crippen MR) is 87.3 cm³/mol. The van der Waals surface area contributed by atoms with Gasteiger partial charge in [-0.15, -0.1) is 0 Å². The van der Waals surface area contributed by atoms with Crippen LogP contribution in [0.25, 0.3) is 0 Å². The van der Waals surface area contributed by atoms with Crippen molar-refractivity contribution >= 4 is 5.91 Å². The molecule has 4 nitrogen and oxygen atoms in total. The molecule has 1 amide bonds. The molecule has 2 fully saturated rings. The van der Waals surface area contributed by atoms with Gasteiger partial charge < -0.3 is 4.90 Å². The van der Waals surface area contributed by atoms with Gasteiger partial charge in [0.1, 0.15) is 0 Å². The minimum atomic E-state index is 0.340. The van der Waals surface area contributed by atoms with Gasteiger partial charge in [-0.2, -0.15) is 0 Å². The van der Waals surface area contributed by atoms with E-state index in [2.05, 4.69) is 35.5 Å². The molecule has 0 bridgehead atoms. The molecule has 0 aromatic carbocycles. The number of hydrogen-bond donors (Lipinski definition) is 0. The van der Waals surface area contributed by atoms with Gasteiger partial charge in [0.25, 0.3) is 0 Å². The van der Waals surface area contributed by atoms with Gasteiger partial charge in [0.15, 0.2) is 0 Å². The van der Waals surface area contributed by atoms with Crippen LogP contribution in [-0.2, 0) is 4.79 Å². The average molecular weight is 295 g/mol. The van der Waals surface area contributed by atoms with E-state index in [1.54, 1.807) is 0 Å². The number of nitrogens with zero attached hydrogens (tertiary/aromatic N) is 3. The normalized spacial score (nSPS) is 23.0. The Morgan fingerprint density at radius 2 is 1.52 bits per heavy atom. The predicted octanol–water partition coefficient (Wildman–Crippen LogP) is 1.91. The van der Waals surface area contributed by atoms with E-state index in [1.807, 2.05) is 0 Å². The molecule has 1 atom stereocenters. The first-order valence-electron chi connectivity index (χ1n) is 8.77. The van der Waals surface area contributed by atoms with Crippen molar-refractivity contribution in [3.63, 3.8) is 0 Å². The molecule has 2 heterocycles. The van der Waals surface area contributed by atoms with Crippen LogP contribution in [-0.4, -0.2) is 73.0 Å². The molecular weight excluding hydrogens is 262 g/mol. The molecule has 21 heavy (non-hydrogen) atoms. The first-order valence-corrected chi connectivity index (χ1v) is 8.77. The van der Waals surface area contributed by atoms with Crippen LogP contribution in [0.4, 0.5) is 0 Å². The molecule has 4 heteroatoms. The highest BCUT2D eigenvalue weighted by Crippen LogP contribution is 2.14.